The van der Waals surface area contributed by atoms with Gasteiger partial charge in [0, 0.05) is 12.0 Å². The Labute approximate surface area is 112 Å². The van der Waals surface area contributed by atoms with Crippen molar-refractivity contribution in [2.45, 2.75) is 52.5 Å². The standard InChI is InChI=1S/C16H28N2/c1-5-13(4)16(14-9-7-6-8-10-14)15(18-17)11-12(2)3/h6-10,12-13,15-16,18H,5,11,17H2,1-4H3. The van der Waals surface area contributed by atoms with E-state index in [1.165, 1.54) is 12.0 Å². The summed E-state index contributed by atoms with van der Waals surface area (Å²) in [5.41, 5.74) is 4.45. The quantitative estimate of drug-likeness (QED) is 0.570. The number of nitrogens with one attached hydrogen (secondary N) is 1. The van der Waals surface area contributed by atoms with Crippen molar-refractivity contribution in [1.29, 1.82) is 0 Å². The van der Waals surface area contributed by atoms with Crippen molar-refractivity contribution in [3.05, 3.63) is 35.9 Å². The minimum absolute atomic E-state index is 0.349. The normalized spacial score (nSPS) is 16.6. The van der Waals surface area contributed by atoms with Gasteiger partial charge in [0.1, 0.15) is 0 Å². The fraction of sp³-hybridized carbons (Fsp3) is 0.625. The molecule has 3 unspecified atom stereocenters. The molecule has 1 aromatic rings. The van der Waals surface area contributed by atoms with Crippen LogP contribution in [-0.2, 0) is 0 Å². The molecule has 0 spiro atoms. The summed E-state index contributed by atoms with van der Waals surface area (Å²) in [5, 5.41) is 0. The van der Waals surface area contributed by atoms with Crippen molar-refractivity contribution in [3.63, 3.8) is 0 Å². The predicted molar refractivity (Wildman–Crippen MR) is 79.2 cm³/mol. The molecular formula is C16H28N2. The molecule has 0 radical (unpaired) electrons. The summed E-state index contributed by atoms with van der Waals surface area (Å²) in [6.45, 7) is 9.08. The maximum absolute atomic E-state index is 5.80. The van der Waals surface area contributed by atoms with Crippen LogP contribution in [0.3, 0.4) is 0 Å². The van der Waals surface area contributed by atoms with Crippen LogP contribution in [-0.4, -0.2) is 6.04 Å². The zero-order chi connectivity index (χ0) is 13.5. The summed E-state index contributed by atoms with van der Waals surface area (Å²) in [5.74, 6) is 7.58. The van der Waals surface area contributed by atoms with Gasteiger partial charge in [-0.2, -0.15) is 0 Å². The smallest absolute Gasteiger partial charge is 0.0284 e. The van der Waals surface area contributed by atoms with Gasteiger partial charge in [-0.25, -0.2) is 0 Å². The van der Waals surface area contributed by atoms with Crippen LogP contribution in [0.2, 0.25) is 0 Å². The lowest BCUT2D eigenvalue weighted by Crippen LogP contribution is -2.42. The van der Waals surface area contributed by atoms with Crippen LogP contribution in [0, 0.1) is 11.8 Å². The van der Waals surface area contributed by atoms with Gasteiger partial charge in [-0.3, -0.25) is 11.3 Å². The third kappa shape index (κ3) is 4.11. The lowest BCUT2D eigenvalue weighted by atomic mass is 9.78. The van der Waals surface area contributed by atoms with E-state index in [9.17, 15) is 0 Å². The molecule has 0 aromatic heterocycles. The van der Waals surface area contributed by atoms with Crippen molar-refractivity contribution in [2.24, 2.45) is 17.7 Å². The summed E-state index contributed by atoms with van der Waals surface area (Å²) in [6.07, 6.45) is 2.29. The van der Waals surface area contributed by atoms with Crippen molar-refractivity contribution < 1.29 is 0 Å². The van der Waals surface area contributed by atoms with Gasteiger partial charge in [0.15, 0.2) is 0 Å². The average molecular weight is 248 g/mol. The first kappa shape index (κ1) is 15.2. The molecule has 0 saturated carbocycles. The summed E-state index contributed by atoms with van der Waals surface area (Å²) in [6, 6.07) is 11.1. The van der Waals surface area contributed by atoms with E-state index in [1.807, 2.05) is 0 Å². The maximum atomic E-state index is 5.80. The lowest BCUT2D eigenvalue weighted by Gasteiger charge is -2.32. The molecule has 1 aromatic carbocycles. The second-order valence-electron chi connectivity index (χ2n) is 5.72. The third-order valence-corrected chi connectivity index (χ3v) is 3.81. The van der Waals surface area contributed by atoms with Gasteiger partial charge in [0.05, 0.1) is 0 Å². The van der Waals surface area contributed by atoms with Crippen LogP contribution >= 0.6 is 0 Å². The van der Waals surface area contributed by atoms with Gasteiger partial charge < -0.3 is 0 Å². The molecule has 0 aliphatic carbocycles. The molecule has 0 saturated heterocycles. The van der Waals surface area contributed by atoms with E-state index >= 15 is 0 Å². The number of hydrogen-bond acceptors (Lipinski definition) is 2. The van der Waals surface area contributed by atoms with Crippen LogP contribution < -0.4 is 11.3 Å². The van der Waals surface area contributed by atoms with E-state index < -0.39 is 0 Å². The molecule has 0 bridgehead atoms. The van der Waals surface area contributed by atoms with Crippen LogP contribution in [0.4, 0.5) is 0 Å². The van der Waals surface area contributed by atoms with E-state index in [4.69, 9.17) is 5.84 Å². The highest BCUT2D eigenvalue weighted by Crippen LogP contribution is 2.32. The van der Waals surface area contributed by atoms with E-state index in [0.717, 1.165) is 6.42 Å². The SMILES string of the molecule is CCC(C)C(c1ccccc1)C(CC(C)C)NN. The number of benzene rings is 1. The Balaban J connectivity index is 2.96. The second-order valence-corrected chi connectivity index (χ2v) is 5.72. The Hall–Kier alpha value is -0.860. The number of hydrazine groups is 1. The lowest BCUT2D eigenvalue weighted by molar-refractivity contribution is 0.299. The van der Waals surface area contributed by atoms with E-state index in [2.05, 4.69) is 63.5 Å². The summed E-state index contributed by atoms with van der Waals surface area (Å²) < 4.78 is 0. The molecule has 0 amide bonds. The Kier molecular flexibility index (Phi) is 6.37. The molecule has 0 fully saturated rings. The first-order chi connectivity index (χ1) is 8.60. The van der Waals surface area contributed by atoms with Gasteiger partial charge in [0.2, 0.25) is 0 Å². The van der Waals surface area contributed by atoms with Gasteiger partial charge >= 0.3 is 0 Å². The minimum Gasteiger partial charge on any atom is -0.271 e. The summed E-state index contributed by atoms with van der Waals surface area (Å²) in [7, 11) is 0. The molecule has 0 heterocycles. The number of hydrogen-bond donors (Lipinski definition) is 2. The molecule has 102 valence electrons. The average Bonchev–Trinajstić information content (AvgIpc) is 2.38. The zero-order valence-corrected chi connectivity index (χ0v) is 12.2. The number of rotatable bonds is 7. The maximum Gasteiger partial charge on any atom is 0.0284 e. The summed E-state index contributed by atoms with van der Waals surface area (Å²) >= 11 is 0. The Morgan fingerprint density at radius 3 is 2.17 bits per heavy atom. The molecule has 3 N–H and O–H groups in total. The van der Waals surface area contributed by atoms with Crippen molar-refractivity contribution in [1.82, 2.24) is 5.43 Å². The van der Waals surface area contributed by atoms with Gasteiger partial charge in [-0.15, -0.1) is 0 Å². The van der Waals surface area contributed by atoms with Crippen molar-refractivity contribution >= 4 is 0 Å². The molecule has 0 aliphatic rings. The topological polar surface area (TPSA) is 38.0 Å². The monoisotopic (exact) mass is 248 g/mol. The molecule has 2 heteroatoms. The van der Waals surface area contributed by atoms with Gasteiger partial charge in [-0.1, -0.05) is 64.4 Å². The molecular weight excluding hydrogens is 220 g/mol. The highest BCUT2D eigenvalue weighted by Gasteiger charge is 2.27. The largest absolute Gasteiger partial charge is 0.271 e. The second kappa shape index (κ2) is 7.55. The Bertz CT molecular complexity index is 321. The fourth-order valence-corrected chi connectivity index (χ4v) is 2.71. The van der Waals surface area contributed by atoms with Crippen LogP contribution in [0.15, 0.2) is 30.3 Å². The summed E-state index contributed by atoms with van der Waals surface area (Å²) in [4.78, 5) is 0. The van der Waals surface area contributed by atoms with Crippen molar-refractivity contribution in [3.8, 4) is 0 Å². The highest BCUT2D eigenvalue weighted by molar-refractivity contribution is 5.22. The predicted octanol–water partition coefficient (Wildman–Crippen LogP) is 3.69. The molecule has 18 heavy (non-hydrogen) atoms. The molecule has 0 aliphatic heterocycles. The van der Waals surface area contributed by atoms with E-state index in [0.29, 0.717) is 23.8 Å². The van der Waals surface area contributed by atoms with Crippen LogP contribution in [0.5, 0.6) is 0 Å². The van der Waals surface area contributed by atoms with E-state index in [-0.39, 0.29) is 0 Å². The van der Waals surface area contributed by atoms with Crippen LogP contribution in [0.25, 0.3) is 0 Å². The van der Waals surface area contributed by atoms with Crippen molar-refractivity contribution in [2.75, 3.05) is 0 Å². The Morgan fingerprint density at radius 2 is 1.72 bits per heavy atom. The van der Waals surface area contributed by atoms with E-state index in [1.54, 1.807) is 0 Å². The Morgan fingerprint density at radius 1 is 1.11 bits per heavy atom. The first-order valence-corrected chi connectivity index (χ1v) is 7.11. The van der Waals surface area contributed by atoms with Gasteiger partial charge in [0.25, 0.3) is 0 Å². The van der Waals surface area contributed by atoms with Gasteiger partial charge in [-0.05, 0) is 23.8 Å². The van der Waals surface area contributed by atoms with Crippen LogP contribution in [0.1, 0.15) is 52.0 Å². The molecule has 1 rings (SSSR count). The highest BCUT2D eigenvalue weighted by atomic mass is 15.2. The number of nitrogens with two attached hydrogens (primary N) is 1. The molecule has 2 nitrogen and oxygen atoms in total. The minimum atomic E-state index is 0.349. The third-order valence-electron chi connectivity index (χ3n) is 3.81. The zero-order valence-electron chi connectivity index (χ0n) is 12.2. The molecule has 3 atom stereocenters. The fourth-order valence-electron chi connectivity index (χ4n) is 2.71. The first-order valence-electron chi connectivity index (χ1n) is 7.11.